The van der Waals surface area contributed by atoms with Crippen LogP contribution in [0.4, 0.5) is 5.69 Å². The van der Waals surface area contributed by atoms with Crippen molar-refractivity contribution in [3.63, 3.8) is 0 Å². The minimum atomic E-state index is 0.0341. The lowest BCUT2D eigenvalue weighted by Gasteiger charge is -2.26. The fraction of sp³-hybridized carbons (Fsp3) is 0.333. The van der Waals surface area contributed by atoms with Gasteiger partial charge in [-0.15, -0.1) is 0 Å². The Morgan fingerprint density at radius 2 is 2.00 bits per heavy atom. The van der Waals surface area contributed by atoms with Gasteiger partial charge in [0, 0.05) is 18.3 Å². The number of nitrogens with zero attached hydrogens (tertiary/aromatic N) is 1. The molecule has 2 aromatic rings. The summed E-state index contributed by atoms with van der Waals surface area (Å²) in [5.41, 5.74) is 8.39. The van der Waals surface area contributed by atoms with E-state index in [0.29, 0.717) is 0 Å². The Labute approximate surface area is 108 Å². The van der Waals surface area contributed by atoms with Crippen LogP contribution in [-0.2, 0) is 6.54 Å². The molecular weight excluding hydrogens is 224 g/mol. The van der Waals surface area contributed by atoms with E-state index in [4.69, 9.17) is 10.2 Å². The first-order chi connectivity index (χ1) is 8.72. The molecule has 18 heavy (non-hydrogen) atoms. The van der Waals surface area contributed by atoms with Crippen molar-refractivity contribution in [1.82, 2.24) is 0 Å². The molecule has 3 nitrogen and oxygen atoms in total. The molecule has 1 aromatic heterocycles. The van der Waals surface area contributed by atoms with Gasteiger partial charge in [0.1, 0.15) is 5.76 Å². The number of nitrogens with two attached hydrogens (primary N) is 1. The molecule has 3 heteroatoms. The molecule has 0 unspecified atom stereocenters. The highest BCUT2D eigenvalue weighted by molar-refractivity contribution is 5.54. The van der Waals surface area contributed by atoms with Gasteiger partial charge in [0.15, 0.2) is 0 Å². The van der Waals surface area contributed by atoms with Crippen LogP contribution in [0, 0.1) is 0 Å². The second-order valence-corrected chi connectivity index (χ2v) is 4.44. The molecule has 96 valence electrons. The molecule has 0 radical (unpaired) electrons. The molecule has 0 aliphatic carbocycles. The molecule has 0 bridgehead atoms. The van der Waals surface area contributed by atoms with Crippen LogP contribution in [0.25, 0.3) is 0 Å². The van der Waals surface area contributed by atoms with Crippen LogP contribution >= 0.6 is 0 Å². The standard InChI is InChI=1S/C15H20N2O/c1-3-17(11-13-7-6-10-18-13)15-9-5-4-8-14(15)12(2)16/h4-10,12H,3,11,16H2,1-2H3/t12-/m0/s1. The van der Waals surface area contributed by atoms with Gasteiger partial charge < -0.3 is 15.1 Å². The molecule has 0 saturated heterocycles. The molecule has 0 fully saturated rings. The molecule has 1 aromatic carbocycles. The van der Waals surface area contributed by atoms with Crippen LogP contribution < -0.4 is 10.6 Å². The Kier molecular flexibility index (Phi) is 4.05. The van der Waals surface area contributed by atoms with E-state index in [0.717, 1.165) is 18.8 Å². The number of rotatable bonds is 5. The maximum atomic E-state index is 6.03. The molecule has 0 aliphatic heterocycles. The second kappa shape index (κ2) is 5.74. The Balaban J connectivity index is 2.27. The Morgan fingerprint density at radius 3 is 2.61 bits per heavy atom. The topological polar surface area (TPSA) is 42.4 Å². The predicted molar refractivity (Wildman–Crippen MR) is 74.5 cm³/mol. The lowest BCUT2D eigenvalue weighted by molar-refractivity contribution is 0.503. The summed E-state index contributed by atoms with van der Waals surface area (Å²) in [4.78, 5) is 2.28. The van der Waals surface area contributed by atoms with Crippen LogP contribution in [0.5, 0.6) is 0 Å². The van der Waals surface area contributed by atoms with E-state index in [-0.39, 0.29) is 6.04 Å². The van der Waals surface area contributed by atoms with Crippen molar-refractivity contribution in [3.8, 4) is 0 Å². The zero-order valence-corrected chi connectivity index (χ0v) is 11.0. The van der Waals surface area contributed by atoms with Crippen molar-refractivity contribution in [2.75, 3.05) is 11.4 Å². The summed E-state index contributed by atoms with van der Waals surface area (Å²) < 4.78 is 5.41. The van der Waals surface area contributed by atoms with Crippen LogP contribution in [0.15, 0.2) is 47.1 Å². The third kappa shape index (κ3) is 2.74. The molecule has 0 aliphatic rings. The minimum absolute atomic E-state index is 0.0341. The quantitative estimate of drug-likeness (QED) is 0.877. The highest BCUT2D eigenvalue weighted by Crippen LogP contribution is 2.26. The van der Waals surface area contributed by atoms with Gasteiger partial charge in [0.25, 0.3) is 0 Å². The van der Waals surface area contributed by atoms with Crippen molar-refractivity contribution in [1.29, 1.82) is 0 Å². The average Bonchev–Trinajstić information content (AvgIpc) is 2.88. The summed E-state index contributed by atoms with van der Waals surface area (Å²) >= 11 is 0. The number of furan rings is 1. The maximum Gasteiger partial charge on any atom is 0.123 e. The van der Waals surface area contributed by atoms with E-state index in [1.807, 2.05) is 31.2 Å². The Hall–Kier alpha value is -1.74. The number of hydrogen-bond donors (Lipinski definition) is 1. The van der Waals surface area contributed by atoms with Crippen molar-refractivity contribution in [2.24, 2.45) is 5.73 Å². The lowest BCUT2D eigenvalue weighted by atomic mass is 10.1. The normalized spacial score (nSPS) is 12.4. The van der Waals surface area contributed by atoms with Gasteiger partial charge in [-0.1, -0.05) is 18.2 Å². The average molecular weight is 244 g/mol. The summed E-state index contributed by atoms with van der Waals surface area (Å²) in [6, 6.07) is 12.2. The monoisotopic (exact) mass is 244 g/mol. The van der Waals surface area contributed by atoms with E-state index < -0.39 is 0 Å². The number of hydrogen-bond acceptors (Lipinski definition) is 3. The maximum absolute atomic E-state index is 6.03. The number of benzene rings is 1. The largest absolute Gasteiger partial charge is 0.467 e. The first-order valence-electron chi connectivity index (χ1n) is 6.34. The molecule has 2 rings (SSSR count). The van der Waals surface area contributed by atoms with E-state index in [1.54, 1.807) is 6.26 Å². The van der Waals surface area contributed by atoms with Crippen molar-refractivity contribution in [2.45, 2.75) is 26.4 Å². The van der Waals surface area contributed by atoms with Gasteiger partial charge in [-0.3, -0.25) is 0 Å². The van der Waals surface area contributed by atoms with Crippen molar-refractivity contribution >= 4 is 5.69 Å². The molecule has 0 saturated carbocycles. The van der Waals surface area contributed by atoms with Gasteiger partial charge in [-0.25, -0.2) is 0 Å². The van der Waals surface area contributed by atoms with Crippen molar-refractivity contribution < 1.29 is 4.42 Å². The second-order valence-electron chi connectivity index (χ2n) is 4.44. The van der Waals surface area contributed by atoms with Gasteiger partial charge in [0.05, 0.1) is 12.8 Å². The van der Waals surface area contributed by atoms with Crippen LogP contribution in [0.1, 0.15) is 31.2 Å². The van der Waals surface area contributed by atoms with Gasteiger partial charge >= 0.3 is 0 Å². The van der Waals surface area contributed by atoms with Gasteiger partial charge in [-0.05, 0) is 37.6 Å². The zero-order chi connectivity index (χ0) is 13.0. The fourth-order valence-corrected chi connectivity index (χ4v) is 2.12. The number of anilines is 1. The van der Waals surface area contributed by atoms with Gasteiger partial charge in [0.2, 0.25) is 0 Å². The Bertz CT molecular complexity index is 477. The zero-order valence-electron chi connectivity index (χ0n) is 11.0. The van der Waals surface area contributed by atoms with E-state index in [1.165, 1.54) is 11.3 Å². The summed E-state index contributed by atoms with van der Waals surface area (Å²) in [6.07, 6.45) is 1.71. The van der Waals surface area contributed by atoms with E-state index >= 15 is 0 Å². The first-order valence-corrected chi connectivity index (χ1v) is 6.34. The van der Waals surface area contributed by atoms with Crippen LogP contribution in [-0.4, -0.2) is 6.54 Å². The molecule has 0 amide bonds. The highest BCUT2D eigenvalue weighted by atomic mass is 16.3. The third-order valence-corrected chi connectivity index (χ3v) is 3.08. The minimum Gasteiger partial charge on any atom is -0.467 e. The molecule has 1 atom stereocenters. The van der Waals surface area contributed by atoms with Gasteiger partial charge in [-0.2, -0.15) is 0 Å². The molecule has 2 N–H and O–H groups in total. The third-order valence-electron chi connectivity index (χ3n) is 3.08. The molecule has 0 spiro atoms. The SMILES string of the molecule is CCN(Cc1ccco1)c1ccccc1[C@H](C)N. The Morgan fingerprint density at radius 1 is 1.22 bits per heavy atom. The first kappa shape index (κ1) is 12.7. The molecule has 1 heterocycles. The smallest absolute Gasteiger partial charge is 0.123 e. The summed E-state index contributed by atoms with van der Waals surface area (Å²) in [7, 11) is 0. The van der Waals surface area contributed by atoms with E-state index in [9.17, 15) is 0 Å². The predicted octanol–water partition coefficient (Wildman–Crippen LogP) is 3.33. The van der Waals surface area contributed by atoms with E-state index in [2.05, 4.69) is 24.0 Å². The fourth-order valence-electron chi connectivity index (χ4n) is 2.12. The van der Waals surface area contributed by atoms with Crippen LogP contribution in [0.3, 0.4) is 0 Å². The summed E-state index contributed by atoms with van der Waals surface area (Å²) in [5, 5.41) is 0. The lowest BCUT2D eigenvalue weighted by Crippen LogP contribution is -2.24. The summed E-state index contributed by atoms with van der Waals surface area (Å²) in [5.74, 6) is 0.969. The molecular formula is C15H20N2O. The van der Waals surface area contributed by atoms with Crippen LogP contribution in [0.2, 0.25) is 0 Å². The van der Waals surface area contributed by atoms with Crippen molar-refractivity contribution in [3.05, 3.63) is 54.0 Å². The highest BCUT2D eigenvalue weighted by Gasteiger charge is 2.13. The number of para-hydroxylation sites is 1. The summed E-state index contributed by atoms with van der Waals surface area (Å²) in [6.45, 7) is 5.85.